The van der Waals surface area contributed by atoms with E-state index in [2.05, 4.69) is 6.92 Å². The Morgan fingerprint density at radius 1 is 1.12 bits per heavy atom. The van der Waals surface area contributed by atoms with Crippen molar-refractivity contribution in [2.45, 2.75) is 26.4 Å². The van der Waals surface area contributed by atoms with Gasteiger partial charge in [-0.15, -0.1) is 0 Å². The Bertz CT molecular complexity index is 352. The van der Waals surface area contributed by atoms with E-state index in [9.17, 15) is 0 Å². The molecule has 0 amide bonds. The molecule has 16 heavy (non-hydrogen) atoms. The lowest BCUT2D eigenvalue weighted by Crippen LogP contribution is -2.11. The molecule has 0 aliphatic rings. The molecule has 0 fully saturated rings. The average molecular weight is 225 g/mol. The molecular weight excluding hydrogens is 206 g/mol. The maximum Gasteiger partial charge on any atom is 0.164 e. The molecule has 0 aromatic heterocycles. The summed E-state index contributed by atoms with van der Waals surface area (Å²) in [6, 6.07) is 3.46. The van der Waals surface area contributed by atoms with Crippen molar-refractivity contribution in [1.29, 1.82) is 0 Å². The number of nitrogens with two attached hydrogens (primary N) is 1. The van der Waals surface area contributed by atoms with Gasteiger partial charge < -0.3 is 19.9 Å². The fraction of sp³-hybridized carbons (Fsp3) is 0.500. The summed E-state index contributed by atoms with van der Waals surface area (Å²) in [5, 5.41) is 0. The minimum Gasteiger partial charge on any atom is -0.493 e. The van der Waals surface area contributed by atoms with Gasteiger partial charge in [0.1, 0.15) is 5.75 Å². The van der Waals surface area contributed by atoms with Crippen molar-refractivity contribution in [2.75, 3.05) is 20.0 Å². The number of methoxy groups -OCH3 is 2. The Morgan fingerprint density at radius 3 is 2.19 bits per heavy atom. The summed E-state index contributed by atoms with van der Waals surface area (Å²) in [4.78, 5) is 0. The first-order valence-electron chi connectivity index (χ1n) is 5.30. The Labute approximate surface area is 96.3 Å². The zero-order valence-corrected chi connectivity index (χ0v) is 10.2. The van der Waals surface area contributed by atoms with E-state index in [0.717, 1.165) is 6.42 Å². The van der Waals surface area contributed by atoms with Crippen molar-refractivity contribution in [3.8, 4) is 17.2 Å². The van der Waals surface area contributed by atoms with E-state index < -0.39 is 0 Å². The molecular formula is C12H19NO3. The van der Waals surface area contributed by atoms with E-state index in [-0.39, 0.29) is 6.10 Å². The van der Waals surface area contributed by atoms with Crippen molar-refractivity contribution in [3.05, 3.63) is 12.1 Å². The van der Waals surface area contributed by atoms with Crippen molar-refractivity contribution in [3.63, 3.8) is 0 Å². The Morgan fingerprint density at radius 2 is 1.69 bits per heavy atom. The first-order chi connectivity index (χ1) is 7.62. The zero-order valence-electron chi connectivity index (χ0n) is 10.2. The molecule has 90 valence electrons. The molecule has 1 rings (SSSR count). The summed E-state index contributed by atoms with van der Waals surface area (Å²) in [7, 11) is 3.16. The van der Waals surface area contributed by atoms with E-state index in [1.807, 2.05) is 6.92 Å². The van der Waals surface area contributed by atoms with Crippen LogP contribution in [-0.2, 0) is 0 Å². The van der Waals surface area contributed by atoms with E-state index >= 15 is 0 Å². The third-order valence-electron chi connectivity index (χ3n) is 2.42. The van der Waals surface area contributed by atoms with Crippen LogP contribution in [0.3, 0.4) is 0 Å². The third-order valence-corrected chi connectivity index (χ3v) is 2.42. The number of benzene rings is 1. The quantitative estimate of drug-likeness (QED) is 0.782. The van der Waals surface area contributed by atoms with E-state index in [0.29, 0.717) is 22.9 Å². The number of nitrogen functional groups attached to an aromatic ring is 1. The Kier molecular flexibility index (Phi) is 4.28. The van der Waals surface area contributed by atoms with Crippen LogP contribution in [0.5, 0.6) is 17.2 Å². The molecule has 4 nitrogen and oxygen atoms in total. The first kappa shape index (κ1) is 12.5. The molecule has 0 radical (unpaired) electrons. The van der Waals surface area contributed by atoms with Gasteiger partial charge in [-0.1, -0.05) is 6.92 Å². The van der Waals surface area contributed by atoms with Gasteiger partial charge in [-0.25, -0.2) is 0 Å². The molecule has 0 spiro atoms. The molecule has 1 aromatic carbocycles. The number of anilines is 1. The summed E-state index contributed by atoms with van der Waals surface area (Å²) in [6.45, 7) is 4.05. The fourth-order valence-electron chi connectivity index (χ4n) is 1.28. The molecule has 0 saturated heterocycles. The van der Waals surface area contributed by atoms with Gasteiger partial charge in [0.2, 0.25) is 0 Å². The molecule has 0 aliphatic heterocycles. The second kappa shape index (κ2) is 5.49. The minimum absolute atomic E-state index is 0.125. The highest BCUT2D eigenvalue weighted by Crippen LogP contribution is 2.36. The SMILES string of the molecule is CCC(C)Oc1cc(OC)c(OC)cc1N. The standard InChI is InChI=1S/C12H19NO3/c1-5-8(2)16-10-7-12(15-4)11(14-3)6-9(10)13/h6-8H,5,13H2,1-4H3. The van der Waals surface area contributed by atoms with Crippen LogP contribution in [0.25, 0.3) is 0 Å². The van der Waals surface area contributed by atoms with Gasteiger partial charge in [0, 0.05) is 12.1 Å². The first-order valence-corrected chi connectivity index (χ1v) is 5.30. The second-order valence-electron chi connectivity index (χ2n) is 3.58. The normalized spacial score (nSPS) is 12.0. The van der Waals surface area contributed by atoms with Crippen LogP contribution in [0.2, 0.25) is 0 Å². The largest absolute Gasteiger partial charge is 0.493 e. The highest BCUT2D eigenvalue weighted by Gasteiger charge is 2.11. The van der Waals surface area contributed by atoms with E-state index in [4.69, 9.17) is 19.9 Å². The highest BCUT2D eigenvalue weighted by atomic mass is 16.5. The van der Waals surface area contributed by atoms with Gasteiger partial charge in [0.15, 0.2) is 11.5 Å². The molecule has 0 bridgehead atoms. The molecule has 4 heteroatoms. The molecule has 2 N–H and O–H groups in total. The topological polar surface area (TPSA) is 53.7 Å². The van der Waals surface area contributed by atoms with Gasteiger partial charge in [-0.05, 0) is 13.3 Å². The molecule has 1 atom stereocenters. The van der Waals surface area contributed by atoms with Crippen LogP contribution in [0.15, 0.2) is 12.1 Å². The maximum atomic E-state index is 5.86. The monoisotopic (exact) mass is 225 g/mol. The summed E-state index contributed by atoms with van der Waals surface area (Å²) in [5.41, 5.74) is 6.42. The van der Waals surface area contributed by atoms with Gasteiger partial charge in [0.25, 0.3) is 0 Å². The summed E-state index contributed by atoms with van der Waals surface area (Å²) >= 11 is 0. The third kappa shape index (κ3) is 2.72. The van der Waals surface area contributed by atoms with Crippen molar-refractivity contribution < 1.29 is 14.2 Å². The molecule has 0 aliphatic carbocycles. The van der Waals surface area contributed by atoms with Crippen LogP contribution >= 0.6 is 0 Å². The molecule has 1 aromatic rings. The van der Waals surface area contributed by atoms with Crippen LogP contribution < -0.4 is 19.9 Å². The fourth-order valence-corrected chi connectivity index (χ4v) is 1.28. The molecule has 0 heterocycles. The number of rotatable bonds is 5. The number of ether oxygens (including phenoxy) is 3. The van der Waals surface area contributed by atoms with Gasteiger partial charge >= 0.3 is 0 Å². The van der Waals surface area contributed by atoms with Crippen LogP contribution in [-0.4, -0.2) is 20.3 Å². The molecule has 1 unspecified atom stereocenters. The van der Waals surface area contributed by atoms with Gasteiger partial charge in [-0.2, -0.15) is 0 Å². The average Bonchev–Trinajstić information content (AvgIpc) is 2.30. The van der Waals surface area contributed by atoms with Crippen molar-refractivity contribution in [2.24, 2.45) is 0 Å². The summed E-state index contributed by atoms with van der Waals surface area (Å²) in [5.74, 6) is 1.86. The lowest BCUT2D eigenvalue weighted by atomic mass is 10.2. The summed E-state index contributed by atoms with van der Waals surface area (Å²) < 4.78 is 16.0. The van der Waals surface area contributed by atoms with Crippen LogP contribution in [0.1, 0.15) is 20.3 Å². The smallest absolute Gasteiger partial charge is 0.164 e. The second-order valence-corrected chi connectivity index (χ2v) is 3.58. The van der Waals surface area contributed by atoms with E-state index in [1.165, 1.54) is 0 Å². The predicted molar refractivity (Wildman–Crippen MR) is 64.3 cm³/mol. The lowest BCUT2D eigenvalue weighted by Gasteiger charge is -2.16. The Balaban J connectivity index is 3.01. The minimum atomic E-state index is 0.125. The lowest BCUT2D eigenvalue weighted by molar-refractivity contribution is 0.217. The van der Waals surface area contributed by atoms with Gasteiger partial charge in [0.05, 0.1) is 26.0 Å². The zero-order chi connectivity index (χ0) is 12.1. The van der Waals surface area contributed by atoms with Crippen molar-refractivity contribution >= 4 is 5.69 Å². The van der Waals surface area contributed by atoms with Crippen LogP contribution in [0, 0.1) is 0 Å². The number of hydrogen-bond donors (Lipinski definition) is 1. The predicted octanol–water partition coefficient (Wildman–Crippen LogP) is 2.46. The Hall–Kier alpha value is -1.58. The van der Waals surface area contributed by atoms with Crippen molar-refractivity contribution in [1.82, 2.24) is 0 Å². The maximum absolute atomic E-state index is 5.86. The molecule has 0 saturated carbocycles. The highest BCUT2D eigenvalue weighted by molar-refractivity contribution is 5.61. The van der Waals surface area contributed by atoms with E-state index in [1.54, 1.807) is 26.4 Å². The van der Waals surface area contributed by atoms with Crippen LogP contribution in [0.4, 0.5) is 5.69 Å². The summed E-state index contributed by atoms with van der Waals surface area (Å²) in [6.07, 6.45) is 1.05. The number of hydrogen-bond acceptors (Lipinski definition) is 4. The van der Waals surface area contributed by atoms with Gasteiger partial charge in [-0.3, -0.25) is 0 Å².